The van der Waals surface area contributed by atoms with E-state index >= 15 is 0 Å². The molecule has 28 heavy (non-hydrogen) atoms. The van der Waals surface area contributed by atoms with Crippen molar-refractivity contribution in [2.75, 3.05) is 27.2 Å². The largest absolute Gasteiger partial charge is 0.489 e. The van der Waals surface area contributed by atoms with E-state index in [1.165, 1.54) is 32.1 Å². The molecule has 0 aliphatic heterocycles. The van der Waals surface area contributed by atoms with Crippen LogP contribution in [0.2, 0.25) is 0 Å². The van der Waals surface area contributed by atoms with E-state index in [9.17, 15) is 4.79 Å². The number of rotatable bonds is 7. The summed E-state index contributed by atoms with van der Waals surface area (Å²) < 4.78 is 13.9. The Morgan fingerprint density at radius 3 is 2.61 bits per heavy atom. The van der Waals surface area contributed by atoms with E-state index in [1.807, 2.05) is 33.2 Å². The van der Waals surface area contributed by atoms with Crippen LogP contribution in [0.1, 0.15) is 68.0 Å². The molecule has 1 atom stereocenters. The van der Waals surface area contributed by atoms with Crippen molar-refractivity contribution in [1.82, 2.24) is 9.47 Å². The van der Waals surface area contributed by atoms with Crippen LogP contribution in [0.5, 0.6) is 5.75 Å². The fourth-order valence-corrected chi connectivity index (χ4v) is 4.55. The summed E-state index contributed by atoms with van der Waals surface area (Å²) in [5, 5.41) is 0.941. The van der Waals surface area contributed by atoms with Gasteiger partial charge in [0.15, 0.2) is 0 Å². The molecule has 1 aromatic carbocycles. The third kappa shape index (κ3) is 4.35. The van der Waals surface area contributed by atoms with Gasteiger partial charge in [-0.25, -0.2) is 4.79 Å². The molecule has 5 heteroatoms. The number of benzene rings is 1. The second-order valence-electron chi connectivity index (χ2n) is 8.21. The van der Waals surface area contributed by atoms with Crippen molar-refractivity contribution in [2.45, 2.75) is 65.0 Å². The zero-order valence-corrected chi connectivity index (χ0v) is 18.0. The number of ether oxygens (including phenoxy) is 2. The maximum absolute atomic E-state index is 12.8. The van der Waals surface area contributed by atoms with Crippen LogP contribution in [0, 0.1) is 6.92 Å². The predicted molar refractivity (Wildman–Crippen MR) is 113 cm³/mol. The molecule has 2 aromatic rings. The number of carbonyl (C=O) groups is 1. The lowest BCUT2D eigenvalue weighted by molar-refractivity contribution is 0.0527. The number of nitrogens with zero attached hydrogens (tertiary/aromatic N) is 2. The highest BCUT2D eigenvalue weighted by atomic mass is 16.5. The molecule has 0 saturated heterocycles. The molecule has 1 aromatic heterocycles. The summed E-state index contributed by atoms with van der Waals surface area (Å²) >= 11 is 0. The number of hydrogen-bond donors (Lipinski definition) is 0. The van der Waals surface area contributed by atoms with E-state index < -0.39 is 0 Å². The standard InChI is InChI=1S/C23H34N2O3/c1-6-27-23(26)22-17(3)25(18-10-8-7-9-11-18)21-13-12-19(14-20(21)22)28-16(2)15-24(4)5/h12-14,16,18H,6-11,15H2,1-5H3. The van der Waals surface area contributed by atoms with Gasteiger partial charge in [0.2, 0.25) is 0 Å². The molecule has 0 bridgehead atoms. The van der Waals surface area contributed by atoms with Crippen molar-refractivity contribution in [3.8, 4) is 5.75 Å². The first-order valence-corrected chi connectivity index (χ1v) is 10.6. The van der Waals surface area contributed by atoms with Gasteiger partial charge >= 0.3 is 5.97 Å². The van der Waals surface area contributed by atoms with Crippen molar-refractivity contribution >= 4 is 16.9 Å². The fraction of sp³-hybridized carbons (Fsp3) is 0.609. The van der Waals surface area contributed by atoms with Gasteiger partial charge in [0.1, 0.15) is 11.9 Å². The lowest BCUT2D eigenvalue weighted by Crippen LogP contribution is -2.27. The van der Waals surface area contributed by atoms with Crippen molar-refractivity contribution < 1.29 is 14.3 Å². The molecule has 1 heterocycles. The van der Waals surface area contributed by atoms with Crippen LogP contribution in [0.25, 0.3) is 10.9 Å². The summed E-state index contributed by atoms with van der Waals surface area (Å²) in [6, 6.07) is 6.61. The molecule has 0 spiro atoms. The third-order valence-electron chi connectivity index (χ3n) is 5.60. The van der Waals surface area contributed by atoms with E-state index in [4.69, 9.17) is 9.47 Å². The molecule has 1 fully saturated rings. The normalized spacial score (nSPS) is 16.5. The second-order valence-corrected chi connectivity index (χ2v) is 8.21. The summed E-state index contributed by atoms with van der Waals surface area (Å²) in [5.41, 5.74) is 2.81. The van der Waals surface area contributed by atoms with Gasteiger partial charge in [-0.2, -0.15) is 0 Å². The zero-order valence-electron chi connectivity index (χ0n) is 18.0. The van der Waals surface area contributed by atoms with E-state index in [0.717, 1.165) is 28.9 Å². The van der Waals surface area contributed by atoms with Crippen LogP contribution in [-0.2, 0) is 4.74 Å². The number of carbonyl (C=O) groups excluding carboxylic acids is 1. The maximum Gasteiger partial charge on any atom is 0.340 e. The quantitative estimate of drug-likeness (QED) is 0.631. The van der Waals surface area contributed by atoms with Gasteiger partial charge in [0, 0.05) is 29.2 Å². The Morgan fingerprint density at radius 1 is 1.25 bits per heavy atom. The highest BCUT2D eigenvalue weighted by Gasteiger charge is 2.26. The molecule has 1 unspecified atom stereocenters. The Kier molecular flexibility index (Phi) is 6.65. The van der Waals surface area contributed by atoms with Gasteiger partial charge in [-0.1, -0.05) is 19.3 Å². The zero-order chi connectivity index (χ0) is 20.3. The molecule has 154 valence electrons. The summed E-state index contributed by atoms with van der Waals surface area (Å²) in [6.45, 7) is 7.19. The first-order chi connectivity index (χ1) is 13.4. The average molecular weight is 387 g/mol. The first-order valence-electron chi connectivity index (χ1n) is 10.6. The third-order valence-corrected chi connectivity index (χ3v) is 5.60. The summed E-state index contributed by atoms with van der Waals surface area (Å²) in [5.74, 6) is 0.561. The van der Waals surface area contributed by atoms with Crippen molar-refractivity contribution in [3.05, 3.63) is 29.5 Å². The summed E-state index contributed by atoms with van der Waals surface area (Å²) in [6.07, 6.45) is 6.22. The topological polar surface area (TPSA) is 43.7 Å². The van der Waals surface area contributed by atoms with E-state index in [1.54, 1.807) is 0 Å². The Bertz CT molecular complexity index is 819. The molecule has 1 aliphatic carbocycles. The highest BCUT2D eigenvalue weighted by Crippen LogP contribution is 2.37. The van der Waals surface area contributed by atoms with Gasteiger partial charge in [-0.15, -0.1) is 0 Å². The number of esters is 1. The van der Waals surface area contributed by atoms with Crippen LogP contribution in [-0.4, -0.2) is 48.8 Å². The number of fused-ring (bicyclic) bond motifs is 1. The molecule has 0 amide bonds. The summed E-state index contributed by atoms with van der Waals surface area (Å²) in [7, 11) is 4.07. The van der Waals surface area contributed by atoms with Crippen LogP contribution in [0.4, 0.5) is 0 Å². The van der Waals surface area contributed by atoms with Crippen molar-refractivity contribution in [3.63, 3.8) is 0 Å². The predicted octanol–water partition coefficient (Wildman–Crippen LogP) is 4.96. The lowest BCUT2D eigenvalue weighted by atomic mass is 9.95. The summed E-state index contributed by atoms with van der Waals surface area (Å²) in [4.78, 5) is 14.9. The Balaban J connectivity index is 2.04. The number of aromatic nitrogens is 1. The van der Waals surface area contributed by atoms with Gasteiger partial charge in [-0.3, -0.25) is 0 Å². The average Bonchev–Trinajstić information content (AvgIpc) is 2.93. The minimum Gasteiger partial charge on any atom is -0.489 e. The van der Waals surface area contributed by atoms with Crippen LogP contribution < -0.4 is 4.74 Å². The fourth-order valence-electron chi connectivity index (χ4n) is 4.55. The van der Waals surface area contributed by atoms with Gasteiger partial charge in [-0.05, 0) is 65.9 Å². The lowest BCUT2D eigenvalue weighted by Gasteiger charge is -2.26. The number of likely N-dealkylation sites (N-methyl/N-ethyl adjacent to an activating group) is 1. The minimum atomic E-state index is -0.238. The Hall–Kier alpha value is -2.01. The van der Waals surface area contributed by atoms with Crippen LogP contribution in [0.3, 0.4) is 0 Å². The van der Waals surface area contributed by atoms with Crippen molar-refractivity contribution in [2.24, 2.45) is 0 Å². The second kappa shape index (κ2) is 8.99. The smallest absolute Gasteiger partial charge is 0.340 e. The van der Waals surface area contributed by atoms with E-state index in [2.05, 4.69) is 29.4 Å². The van der Waals surface area contributed by atoms with Crippen molar-refractivity contribution in [1.29, 1.82) is 0 Å². The molecular formula is C23H34N2O3. The highest BCUT2D eigenvalue weighted by molar-refractivity contribution is 6.06. The Labute approximate surface area is 168 Å². The maximum atomic E-state index is 12.8. The van der Waals surface area contributed by atoms with Crippen LogP contribution >= 0.6 is 0 Å². The molecule has 1 saturated carbocycles. The minimum absolute atomic E-state index is 0.0695. The molecule has 0 radical (unpaired) electrons. The molecular weight excluding hydrogens is 352 g/mol. The Morgan fingerprint density at radius 2 is 1.96 bits per heavy atom. The van der Waals surface area contributed by atoms with Gasteiger partial charge < -0.3 is 18.9 Å². The first kappa shape index (κ1) is 20.7. The number of hydrogen-bond acceptors (Lipinski definition) is 4. The molecule has 3 rings (SSSR count). The monoisotopic (exact) mass is 386 g/mol. The van der Waals surface area contributed by atoms with Gasteiger partial charge in [0.05, 0.1) is 12.2 Å². The van der Waals surface area contributed by atoms with Crippen LogP contribution in [0.15, 0.2) is 18.2 Å². The SMILES string of the molecule is CCOC(=O)c1c(C)n(C2CCCCC2)c2ccc(OC(C)CN(C)C)cc12. The van der Waals surface area contributed by atoms with E-state index in [-0.39, 0.29) is 12.1 Å². The molecule has 0 N–H and O–H groups in total. The van der Waals surface area contributed by atoms with E-state index in [0.29, 0.717) is 18.2 Å². The molecule has 1 aliphatic rings. The van der Waals surface area contributed by atoms with Gasteiger partial charge in [0.25, 0.3) is 0 Å². The molecule has 5 nitrogen and oxygen atoms in total.